The zero-order valence-electron chi connectivity index (χ0n) is 8.68. The third-order valence-electron chi connectivity index (χ3n) is 2.08. The van der Waals surface area contributed by atoms with Gasteiger partial charge < -0.3 is 9.88 Å². The highest BCUT2D eigenvalue weighted by Crippen LogP contribution is 2.06. The summed E-state index contributed by atoms with van der Waals surface area (Å²) in [6.07, 6.45) is 5.59. The van der Waals surface area contributed by atoms with E-state index in [4.69, 9.17) is 0 Å². The number of thiazole rings is 1. The molecule has 2 heterocycles. The molecule has 0 aliphatic heterocycles. The summed E-state index contributed by atoms with van der Waals surface area (Å²) in [6.45, 7) is 4.76. The Morgan fingerprint density at radius 3 is 3.13 bits per heavy atom. The highest BCUT2D eigenvalue weighted by atomic mass is 32.1. The van der Waals surface area contributed by atoms with Gasteiger partial charge in [-0.25, -0.2) is 9.97 Å². The molecule has 4 nitrogen and oxygen atoms in total. The van der Waals surface area contributed by atoms with Crippen molar-refractivity contribution < 1.29 is 0 Å². The van der Waals surface area contributed by atoms with E-state index in [-0.39, 0.29) is 0 Å². The largest absolute Gasteiger partial charge is 0.336 e. The predicted molar refractivity (Wildman–Crippen MR) is 60.8 cm³/mol. The first-order valence-electron chi connectivity index (χ1n) is 4.92. The molecule has 0 fully saturated rings. The van der Waals surface area contributed by atoms with Gasteiger partial charge in [0.1, 0.15) is 0 Å². The second-order valence-corrected chi connectivity index (χ2v) is 4.40. The minimum absolute atomic E-state index is 0.846. The number of nitrogens with zero attached hydrogens (tertiary/aromatic N) is 3. The van der Waals surface area contributed by atoms with E-state index in [1.54, 1.807) is 17.5 Å². The average Bonchev–Trinajstić information content (AvgIpc) is 2.84. The van der Waals surface area contributed by atoms with Crippen LogP contribution in [0.4, 0.5) is 0 Å². The minimum atomic E-state index is 0.846. The first-order valence-corrected chi connectivity index (χ1v) is 5.80. The molecule has 0 saturated heterocycles. The molecular weight excluding hydrogens is 208 g/mol. The van der Waals surface area contributed by atoms with Crippen LogP contribution in [0.1, 0.15) is 10.7 Å². The van der Waals surface area contributed by atoms with Crippen LogP contribution < -0.4 is 5.32 Å². The zero-order chi connectivity index (χ0) is 10.5. The summed E-state index contributed by atoms with van der Waals surface area (Å²) < 4.78 is 2.05. The molecule has 0 radical (unpaired) electrons. The third-order valence-corrected chi connectivity index (χ3v) is 2.90. The average molecular weight is 222 g/mol. The number of hydrogen-bond acceptors (Lipinski definition) is 4. The quantitative estimate of drug-likeness (QED) is 0.778. The zero-order valence-corrected chi connectivity index (χ0v) is 9.50. The fourth-order valence-corrected chi connectivity index (χ4v) is 1.95. The molecule has 1 N–H and O–H groups in total. The van der Waals surface area contributed by atoms with E-state index in [1.165, 1.54) is 0 Å². The highest BCUT2D eigenvalue weighted by molar-refractivity contribution is 7.09. The van der Waals surface area contributed by atoms with Gasteiger partial charge in [-0.2, -0.15) is 0 Å². The summed E-state index contributed by atoms with van der Waals surface area (Å²) in [5, 5.41) is 6.57. The van der Waals surface area contributed by atoms with Crippen molar-refractivity contribution in [2.24, 2.45) is 0 Å². The molecule has 0 bridgehead atoms. The maximum absolute atomic E-state index is 4.38. The van der Waals surface area contributed by atoms with Gasteiger partial charge in [-0.3, -0.25) is 0 Å². The fourth-order valence-electron chi connectivity index (χ4n) is 1.33. The number of rotatable bonds is 5. The molecule has 15 heavy (non-hydrogen) atoms. The summed E-state index contributed by atoms with van der Waals surface area (Å²) in [5.74, 6) is 0. The van der Waals surface area contributed by atoms with Gasteiger partial charge >= 0.3 is 0 Å². The summed E-state index contributed by atoms with van der Waals surface area (Å²) in [7, 11) is 0. The topological polar surface area (TPSA) is 42.7 Å². The van der Waals surface area contributed by atoms with Crippen molar-refractivity contribution in [3.05, 3.63) is 34.8 Å². The van der Waals surface area contributed by atoms with Crippen LogP contribution in [-0.2, 0) is 13.1 Å². The van der Waals surface area contributed by atoms with Crippen molar-refractivity contribution in [1.82, 2.24) is 19.9 Å². The minimum Gasteiger partial charge on any atom is -0.336 e. The standard InChI is InChI=1S/C10H14N4S/c1-9-13-10(7-15-9)6-11-2-4-14-5-3-12-8-14/h3,5,7-8,11H,2,4,6H2,1H3. The van der Waals surface area contributed by atoms with Gasteiger partial charge in [0.25, 0.3) is 0 Å². The van der Waals surface area contributed by atoms with Crippen LogP contribution in [0.25, 0.3) is 0 Å². The number of nitrogens with one attached hydrogen (secondary N) is 1. The molecule has 0 aliphatic carbocycles. The highest BCUT2D eigenvalue weighted by Gasteiger charge is 1.96. The Kier molecular flexibility index (Phi) is 3.47. The van der Waals surface area contributed by atoms with E-state index in [9.17, 15) is 0 Å². The molecule has 5 heteroatoms. The van der Waals surface area contributed by atoms with E-state index in [1.807, 2.05) is 19.4 Å². The molecule has 0 spiro atoms. The maximum atomic E-state index is 4.38. The SMILES string of the molecule is Cc1nc(CNCCn2ccnc2)cs1. The number of aryl methyl sites for hydroxylation is 1. The molecule has 0 aliphatic rings. The van der Waals surface area contributed by atoms with E-state index < -0.39 is 0 Å². The number of imidazole rings is 1. The Labute approximate surface area is 93.0 Å². The summed E-state index contributed by atoms with van der Waals surface area (Å²) >= 11 is 1.69. The van der Waals surface area contributed by atoms with Gasteiger partial charge in [-0.1, -0.05) is 0 Å². The number of hydrogen-bond donors (Lipinski definition) is 1. The Bertz CT molecular complexity index is 393. The first kappa shape index (κ1) is 10.3. The van der Waals surface area contributed by atoms with Gasteiger partial charge in [-0.15, -0.1) is 11.3 Å². The molecular formula is C10H14N4S. The van der Waals surface area contributed by atoms with Crippen molar-refractivity contribution >= 4 is 11.3 Å². The molecule has 2 rings (SSSR count). The number of aromatic nitrogens is 3. The van der Waals surface area contributed by atoms with Gasteiger partial charge in [0, 0.05) is 37.4 Å². The van der Waals surface area contributed by atoms with Crippen LogP contribution >= 0.6 is 11.3 Å². The Morgan fingerprint density at radius 1 is 1.53 bits per heavy atom. The first-order chi connectivity index (χ1) is 7.34. The van der Waals surface area contributed by atoms with E-state index in [0.717, 1.165) is 30.3 Å². The van der Waals surface area contributed by atoms with Crippen LogP contribution in [0, 0.1) is 6.92 Å². The Hall–Kier alpha value is -1.20. The predicted octanol–water partition coefficient (Wildman–Crippen LogP) is 1.44. The van der Waals surface area contributed by atoms with Crippen molar-refractivity contribution in [2.45, 2.75) is 20.0 Å². The fraction of sp³-hybridized carbons (Fsp3) is 0.400. The molecule has 0 saturated carbocycles. The Morgan fingerprint density at radius 2 is 2.47 bits per heavy atom. The van der Waals surface area contributed by atoms with Gasteiger partial charge in [-0.05, 0) is 6.92 Å². The van der Waals surface area contributed by atoms with Gasteiger partial charge in [0.2, 0.25) is 0 Å². The van der Waals surface area contributed by atoms with E-state index in [2.05, 4.69) is 25.2 Å². The van der Waals surface area contributed by atoms with Crippen molar-refractivity contribution in [3.63, 3.8) is 0 Å². The van der Waals surface area contributed by atoms with Crippen LogP contribution in [0.5, 0.6) is 0 Å². The lowest BCUT2D eigenvalue weighted by Crippen LogP contribution is -2.19. The summed E-state index contributed by atoms with van der Waals surface area (Å²) in [5.41, 5.74) is 1.13. The monoisotopic (exact) mass is 222 g/mol. The second-order valence-electron chi connectivity index (χ2n) is 3.34. The van der Waals surface area contributed by atoms with Gasteiger partial charge in [0.05, 0.1) is 17.0 Å². The second kappa shape index (κ2) is 5.04. The van der Waals surface area contributed by atoms with Crippen LogP contribution in [0.2, 0.25) is 0 Å². The van der Waals surface area contributed by atoms with Crippen LogP contribution in [0.15, 0.2) is 24.1 Å². The smallest absolute Gasteiger partial charge is 0.0946 e. The molecule has 0 unspecified atom stereocenters. The normalized spacial score (nSPS) is 10.7. The third kappa shape index (κ3) is 3.14. The van der Waals surface area contributed by atoms with Crippen molar-refractivity contribution in [3.8, 4) is 0 Å². The lowest BCUT2D eigenvalue weighted by molar-refractivity contribution is 0.593. The van der Waals surface area contributed by atoms with Gasteiger partial charge in [0.15, 0.2) is 0 Å². The lowest BCUT2D eigenvalue weighted by atomic mass is 10.4. The van der Waals surface area contributed by atoms with E-state index in [0.29, 0.717) is 0 Å². The molecule has 0 aromatic carbocycles. The van der Waals surface area contributed by atoms with Crippen LogP contribution in [-0.4, -0.2) is 21.1 Å². The Balaban J connectivity index is 1.67. The molecule has 80 valence electrons. The molecule has 2 aromatic heterocycles. The molecule has 2 aromatic rings. The molecule has 0 amide bonds. The van der Waals surface area contributed by atoms with Crippen molar-refractivity contribution in [1.29, 1.82) is 0 Å². The maximum Gasteiger partial charge on any atom is 0.0946 e. The summed E-state index contributed by atoms with van der Waals surface area (Å²) in [4.78, 5) is 8.37. The van der Waals surface area contributed by atoms with Crippen LogP contribution in [0.3, 0.4) is 0 Å². The van der Waals surface area contributed by atoms with E-state index >= 15 is 0 Å². The molecule has 0 atom stereocenters. The van der Waals surface area contributed by atoms with Crippen molar-refractivity contribution in [2.75, 3.05) is 6.54 Å². The summed E-state index contributed by atoms with van der Waals surface area (Å²) in [6, 6.07) is 0. The lowest BCUT2D eigenvalue weighted by Gasteiger charge is -2.03.